The number of hydrogen-bond donors (Lipinski definition) is 2. The van der Waals surface area contributed by atoms with Gasteiger partial charge >= 0.3 is 0 Å². The molecule has 1 aliphatic heterocycles. The molecule has 0 aliphatic carbocycles. The largest absolute Gasteiger partial charge is 0.325 e. The van der Waals surface area contributed by atoms with E-state index in [9.17, 15) is 22.8 Å². The minimum Gasteiger partial charge on any atom is -0.325 e. The zero-order valence-corrected chi connectivity index (χ0v) is 19.4. The van der Waals surface area contributed by atoms with E-state index in [2.05, 4.69) is 26.1 Å². The molecule has 1 heterocycles. The fraction of sp³-hybridized carbons (Fsp3) is 0.227. The van der Waals surface area contributed by atoms with Crippen molar-refractivity contribution in [2.24, 2.45) is 5.14 Å². The van der Waals surface area contributed by atoms with E-state index in [1.54, 1.807) is 6.08 Å². The average Bonchev–Trinajstić information content (AvgIpc) is 2.95. The highest BCUT2D eigenvalue weighted by Crippen LogP contribution is 2.32. The summed E-state index contributed by atoms with van der Waals surface area (Å²) in [5.74, 6) is -1.13. The highest BCUT2D eigenvalue weighted by atomic mass is 32.2. The molecule has 0 radical (unpaired) electrons. The van der Waals surface area contributed by atoms with Gasteiger partial charge in [0.2, 0.25) is 15.9 Å². The van der Waals surface area contributed by atoms with E-state index in [1.807, 2.05) is 24.3 Å². The van der Waals surface area contributed by atoms with Crippen LogP contribution in [-0.2, 0) is 25.0 Å². The third kappa shape index (κ3) is 5.64. The predicted octanol–water partition coefficient (Wildman–Crippen LogP) is 3.31. The molecule has 8 nitrogen and oxygen atoms in total. The number of carbonyl (C=O) groups is 3. The number of primary sulfonamides is 1. The molecule has 0 atom stereocenters. The first kappa shape index (κ1) is 23.7. The lowest BCUT2D eigenvalue weighted by atomic mass is 9.87. The molecule has 3 N–H and O–H groups in total. The van der Waals surface area contributed by atoms with Gasteiger partial charge in [-0.05, 0) is 58.6 Å². The first-order valence-electron chi connectivity index (χ1n) is 9.63. The van der Waals surface area contributed by atoms with Crippen LogP contribution in [0.25, 0.3) is 6.08 Å². The zero-order chi connectivity index (χ0) is 23.7. The van der Waals surface area contributed by atoms with Gasteiger partial charge in [0.1, 0.15) is 6.54 Å². The van der Waals surface area contributed by atoms with Crippen LogP contribution in [0.2, 0.25) is 0 Å². The van der Waals surface area contributed by atoms with E-state index < -0.39 is 33.6 Å². The Labute approximate surface area is 190 Å². The Morgan fingerprint density at radius 2 is 1.66 bits per heavy atom. The van der Waals surface area contributed by atoms with Gasteiger partial charge in [0.15, 0.2) is 0 Å². The minimum absolute atomic E-state index is 0.00260. The average molecular weight is 474 g/mol. The number of amides is 3. The molecule has 1 fully saturated rings. The van der Waals surface area contributed by atoms with Crippen molar-refractivity contribution < 1.29 is 22.8 Å². The quantitative estimate of drug-likeness (QED) is 0.642. The first-order valence-corrected chi connectivity index (χ1v) is 12.0. The van der Waals surface area contributed by atoms with Crippen molar-refractivity contribution in [3.8, 4) is 0 Å². The van der Waals surface area contributed by atoms with E-state index in [0.29, 0.717) is 5.69 Å². The normalized spacial score (nSPS) is 16.0. The maximum Gasteiger partial charge on any atom is 0.294 e. The lowest BCUT2D eigenvalue weighted by Gasteiger charge is -2.18. The van der Waals surface area contributed by atoms with E-state index >= 15 is 0 Å². The summed E-state index contributed by atoms with van der Waals surface area (Å²) >= 11 is 0.777. The first-order chi connectivity index (χ1) is 14.8. The Morgan fingerprint density at radius 3 is 2.19 bits per heavy atom. The molecule has 168 valence electrons. The number of thioether (sulfide) groups is 1. The summed E-state index contributed by atoms with van der Waals surface area (Å²) in [5, 5.41) is 7.03. The molecule has 10 heteroatoms. The van der Waals surface area contributed by atoms with Crippen molar-refractivity contribution >= 4 is 50.6 Å². The summed E-state index contributed by atoms with van der Waals surface area (Å²) in [6.45, 7) is 5.86. The van der Waals surface area contributed by atoms with E-state index in [-0.39, 0.29) is 15.2 Å². The molecule has 1 aliphatic rings. The van der Waals surface area contributed by atoms with Crippen molar-refractivity contribution in [2.75, 3.05) is 11.9 Å². The lowest BCUT2D eigenvalue weighted by molar-refractivity contribution is -0.127. The van der Waals surface area contributed by atoms with Crippen LogP contribution < -0.4 is 10.5 Å². The Kier molecular flexibility index (Phi) is 6.59. The molecule has 0 saturated carbocycles. The van der Waals surface area contributed by atoms with Crippen LogP contribution >= 0.6 is 11.8 Å². The molecular weight excluding hydrogens is 450 g/mol. The number of carbonyl (C=O) groups excluding carboxylic acids is 3. The van der Waals surface area contributed by atoms with Gasteiger partial charge < -0.3 is 5.32 Å². The van der Waals surface area contributed by atoms with E-state index in [4.69, 9.17) is 5.14 Å². The van der Waals surface area contributed by atoms with Crippen LogP contribution in [0.3, 0.4) is 0 Å². The Hall–Kier alpha value is -2.95. The van der Waals surface area contributed by atoms with Crippen molar-refractivity contribution in [3.63, 3.8) is 0 Å². The molecule has 0 unspecified atom stereocenters. The third-order valence-electron chi connectivity index (χ3n) is 4.72. The minimum atomic E-state index is -3.84. The van der Waals surface area contributed by atoms with Crippen LogP contribution in [0.5, 0.6) is 0 Å². The van der Waals surface area contributed by atoms with Gasteiger partial charge in [-0.25, -0.2) is 13.6 Å². The second-order valence-corrected chi connectivity index (χ2v) is 10.8. The van der Waals surface area contributed by atoms with Crippen LogP contribution in [0, 0.1) is 0 Å². The Balaban J connectivity index is 1.66. The number of nitrogens with one attached hydrogen (secondary N) is 1. The fourth-order valence-electron chi connectivity index (χ4n) is 2.94. The molecule has 3 amide bonds. The Bertz CT molecular complexity index is 1200. The summed E-state index contributed by atoms with van der Waals surface area (Å²) in [5.41, 5.74) is 2.24. The molecule has 1 saturated heterocycles. The number of imide groups is 1. The van der Waals surface area contributed by atoms with Gasteiger partial charge in [0.05, 0.1) is 9.80 Å². The zero-order valence-electron chi connectivity index (χ0n) is 17.8. The smallest absolute Gasteiger partial charge is 0.294 e. The van der Waals surface area contributed by atoms with Gasteiger partial charge in [-0.15, -0.1) is 0 Å². The monoisotopic (exact) mass is 473 g/mol. The van der Waals surface area contributed by atoms with Gasteiger partial charge in [0, 0.05) is 5.69 Å². The molecule has 0 bridgehead atoms. The van der Waals surface area contributed by atoms with Crippen LogP contribution in [0.1, 0.15) is 31.9 Å². The number of nitrogens with zero attached hydrogens (tertiary/aromatic N) is 1. The Morgan fingerprint density at radius 1 is 1.06 bits per heavy atom. The highest BCUT2D eigenvalue weighted by Gasteiger charge is 2.36. The summed E-state index contributed by atoms with van der Waals surface area (Å²) in [6.07, 6.45) is 1.63. The van der Waals surface area contributed by atoms with Gasteiger partial charge in [0.25, 0.3) is 11.1 Å². The van der Waals surface area contributed by atoms with Crippen molar-refractivity contribution in [1.29, 1.82) is 0 Å². The van der Waals surface area contributed by atoms with Crippen molar-refractivity contribution in [1.82, 2.24) is 4.90 Å². The third-order valence-corrected chi connectivity index (χ3v) is 6.55. The maximum atomic E-state index is 12.6. The summed E-state index contributed by atoms with van der Waals surface area (Å²) in [6, 6.07) is 12.9. The molecule has 0 spiro atoms. The van der Waals surface area contributed by atoms with Crippen LogP contribution in [0.4, 0.5) is 10.5 Å². The summed E-state index contributed by atoms with van der Waals surface area (Å²) in [7, 11) is -3.84. The van der Waals surface area contributed by atoms with Gasteiger partial charge in [-0.2, -0.15) is 0 Å². The van der Waals surface area contributed by atoms with E-state index in [1.165, 1.54) is 24.3 Å². The number of nitrogens with two attached hydrogens (primary N) is 1. The molecule has 2 aromatic carbocycles. The number of rotatable bonds is 5. The maximum absolute atomic E-state index is 12.6. The van der Waals surface area contributed by atoms with Crippen molar-refractivity contribution in [3.05, 3.63) is 64.6 Å². The summed E-state index contributed by atoms with van der Waals surface area (Å²) < 4.78 is 22.6. The van der Waals surface area contributed by atoms with Gasteiger partial charge in [-0.1, -0.05) is 45.0 Å². The molecule has 0 aromatic heterocycles. The van der Waals surface area contributed by atoms with Crippen molar-refractivity contribution in [2.45, 2.75) is 31.1 Å². The number of anilines is 1. The number of sulfonamides is 1. The predicted molar refractivity (Wildman–Crippen MR) is 124 cm³/mol. The molecule has 3 rings (SSSR count). The lowest BCUT2D eigenvalue weighted by Crippen LogP contribution is -2.36. The second-order valence-electron chi connectivity index (χ2n) is 8.26. The standard InChI is InChI=1S/C22H23N3O5S2/c1-22(2,3)15-6-4-14(5-7-15)12-18-20(27)25(21(28)31-18)13-19(26)24-16-8-10-17(11-9-16)32(23,29)30/h4-12H,13H2,1-3H3,(H,24,26)(H2,23,29,30)/b18-12-. The van der Waals surface area contributed by atoms with Crippen LogP contribution in [0.15, 0.2) is 58.3 Å². The molecular formula is C22H23N3O5S2. The summed E-state index contributed by atoms with van der Waals surface area (Å²) in [4.78, 5) is 38.2. The molecule has 32 heavy (non-hydrogen) atoms. The molecule has 2 aromatic rings. The number of benzene rings is 2. The van der Waals surface area contributed by atoms with E-state index in [0.717, 1.165) is 27.8 Å². The SMILES string of the molecule is CC(C)(C)c1ccc(/C=C2\SC(=O)N(CC(=O)Nc3ccc(S(N)(=O)=O)cc3)C2=O)cc1. The topological polar surface area (TPSA) is 127 Å². The second kappa shape index (κ2) is 8.89. The number of hydrogen-bond acceptors (Lipinski definition) is 6. The fourth-order valence-corrected chi connectivity index (χ4v) is 4.29. The van der Waals surface area contributed by atoms with Gasteiger partial charge in [-0.3, -0.25) is 19.3 Å². The van der Waals surface area contributed by atoms with Crippen LogP contribution in [-0.4, -0.2) is 36.9 Å². The highest BCUT2D eigenvalue weighted by molar-refractivity contribution is 8.18.